The van der Waals surface area contributed by atoms with E-state index in [1.165, 1.54) is 13.2 Å². The highest BCUT2D eigenvalue weighted by molar-refractivity contribution is 6.31. The van der Waals surface area contributed by atoms with E-state index < -0.39 is 11.6 Å². The lowest BCUT2D eigenvalue weighted by molar-refractivity contribution is -0.126. The number of phenols is 2. The SMILES string of the molecule is COc1cccc2c1C(=O)c1c(O)c3c(c(O)c1C2=O)CC(C(=O)NC1CCC1)CC3. The Labute approximate surface area is 179 Å². The van der Waals surface area contributed by atoms with Crippen LogP contribution in [0, 0.1) is 5.92 Å². The van der Waals surface area contributed by atoms with Gasteiger partial charge in [-0.2, -0.15) is 0 Å². The molecule has 31 heavy (non-hydrogen) atoms. The minimum absolute atomic E-state index is 0.0653. The third-order valence-electron chi connectivity index (χ3n) is 6.85. The van der Waals surface area contributed by atoms with Crippen molar-refractivity contribution in [3.63, 3.8) is 0 Å². The van der Waals surface area contributed by atoms with Crippen molar-refractivity contribution in [2.45, 2.75) is 44.6 Å². The van der Waals surface area contributed by atoms with Gasteiger partial charge in [-0.25, -0.2) is 0 Å². The molecule has 0 bridgehead atoms. The Kier molecular flexibility index (Phi) is 4.50. The van der Waals surface area contributed by atoms with Gasteiger partial charge in [0.1, 0.15) is 17.2 Å². The molecule has 3 N–H and O–H groups in total. The van der Waals surface area contributed by atoms with E-state index in [-0.39, 0.29) is 63.8 Å². The van der Waals surface area contributed by atoms with Crippen LogP contribution < -0.4 is 10.1 Å². The van der Waals surface area contributed by atoms with Crippen molar-refractivity contribution in [1.29, 1.82) is 0 Å². The van der Waals surface area contributed by atoms with Gasteiger partial charge in [-0.15, -0.1) is 0 Å². The lowest BCUT2D eigenvalue weighted by Crippen LogP contribution is -2.44. The van der Waals surface area contributed by atoms with Gasteiger partial charge in [-0.3, -0.25) is 14.4 Å². The van der Waals surface area contributed by atoms with E-state index in [1.54, 1.807) is 12.1 Å². The monoisotopic (exact) mass is 421 g/mol. The number of rotatable bonds is 3. The molecule has 0 aliphatic heterocycles. The maximum atomic E-state index is 13.3. The minimum atomic E-state index is -0.553. The first-order chi connectivity index (χ1) is 14.9. The molecule has 0 radical (unpaired) electrons. The standard InChI is InChI=1S/C24H23NO6/c1-31-16-7-3-6-14-17(16)23(29)19-18(21(14)27)22(28)15-10-11(8-9-13(15)20(19)26)24(30)25-12-4-2-5-12/h3,6-7,11-12,26,28H,2,4-5,8-10H2,1H3,(H,25,30). The van der Waals surface area contributed by atoms with Crippen LogP contribution in [0.4, 0.5) is 0 Å². The number of methoxy groups -OCH3 is 1. The summed E-state index contributed by atoms with van der Waals surface area (Å²) in [5.41, 5.74) is 0.650. The molecule has 1 fully saturated rings. The van der Waals surface area contributed by atoms with Gasteiger partial charge in [0.15, 0.2) is 5.78 Å². The van der Waals surface area contributed by atoms with E-state index in [2.05, 4.69) is 5.32 Å². The molecule has 1 unspecified atom stereocenters. The molecule has 160 valence electrons. The first kappa shape index (κ1) is 19.6. The first-order valence-electron chi connectivity index (χ1n) is 10.6. The number of ether oxygens (including phenoxy) is 1. The van der Waals surface area contributed by atoms with E-state index in [1.807, 2.05) is 0 Å². The van der Waals surface area contributed by atoms with Crippen molar-refractivity contribution < 1.29 is 29.3 Å². The summed E-state index contributed by atoms with van der Waals surface area (Å²) in [5.74, 6) is -1.86. The molecule has 5 rings (SSSR count). The number of ketones is 2. The number of benzene rings is 2. The van der Waals surface area contributed by atoms with Crippen LogP contribution in [0.3, 0.4) is 0 Å². The molecule has 0 saturated heterocycles. The van der Waals surface area contributed by atoms with E-state index in [9.17, 15) is 24.6 Å². The number of carbonyl (C=O) groups excluding carboxylic acids is 3. The average Bonchev–Trinajstić information content (AvgIpc) is 2.75. The number of aromatic hydroxyl groups is 2. The molecule has 7 nitrogen and oxygen atoms in total. The van der Waals surface area contributed by atoms with Crippen LogP contribution in [0.25, 0.3) is 0 Å². The van der Waals surface area contributed by atoms with Gasteiger partial charge >= 0.3 is 0 Å². The van der Waals surface area contributed by atoms with Crippen LogP contribution in [-0.2, 0) is 17.6 Å². The molecule has 2 aromatic carbocycles. The Hall–Kier alpha value is -3.35. The average molecular weight is 421 g/mol. The highest BCUT2D eigenvalue weighted by Crippen LogP contribution is 2.47. The normalized spacial score (nSPS) is 19.7. The molecule has 1 amide bonds. The molecule has 1 atom stereocenters. The predicted molar refractivity (Wildman–Crippen MR) is 111 cm³/mol. The van der Waals surface area contributed by atoms with E-state index in [4.69, 9.17) is 4.74 Å². The Bertz CT molecular complexity index is 1150. The van der Waals surface area contributed by atoms with E-state index in [0.717, 1.165) is 19.3 Å². The largest absolute Gasteiger partial charge is 0.507 e. The summed E-state index contributed by atoms with van der Waals surface area (Å²) < 4.78 is 5.25. The third-order valence-corrected chi connectivity index (χ3v) is 6.85. The van der Waals surface area contributed by atoms with Gasteiger partial charge in [-0.05, 0) is 44.6 Å². The number of nitrogens with one attached hydrogen (secondary N) is 1. The van der Waals surface area contributed by atoms with Crippen molar-refractivity contribution >= 4 is 17.5 Å². The Morgan fingerprint density at radius 3 is 2.39 bits per heavy atom. The molecule has 7 heteroatoms. The number of carbonyl (C=O) groups is 3. The number of fused-ring (bicyclic) bond motifs is 3. The zero-order valence-corrected chi connectivity index (χ0v) is 17.2. The zero-order chi connectivity index (χ0) is 21.9. The van der Waals surface area contributed by atoms with Crippen molar-refractivity contribution in [1.82, 2.24) is 5.32 Å². The fraction of sp³-hybridized carbons (Fsp3) is 0.375. The van der Waals surface area contributed by atoms with Crippen LogP contribution in [0.2, 0.25) is 0 Å². The zero-order valence-electron chi connectivity index (χ0n) is 17.2. The molecule has 3 aliphatic rings. The second-order valence-electron chi connectivity index (χ2n) is 8.52. The maximum absolute atomic E-state index is 13.3. The van der Waals surface area contributed by atoms with Crippen LogP contribution >= 0.6 is 0 Å². The summed E-state index contributed by atoms with van der Waals surface area (Å²) in [5, 5.41) is 25.0. The number of amides is 1. The highest BCUT2D eigenvalue weighted by atomic mass is 16.5. The van der Waals surface area contributed by atoms with Crippen molar-refractivity contribution in [2.75, 3.05) is 7.11 Å². The summed E-state index contributed by atoms with van der Waals surface area (Å²) in [4.78, 5) is 39.1. The molecular weight excluding hydrogens is 398 g/mol. The fourth-order valence-corrected chi connectivity index (χ4v) is 4.90. The van der Waals surface area contributed by atoms with E-state index >= 15 is 0 Å². The van der Waals surface area contributed by atoms with Crippen LogP contribution in [0.5, 0.6) is 17.2 Å². The lowest BCUT2D eigenvalue weighted by atomic mass is 9.75. The number of hydrogen-bond donors (Lipinski definition) is 3. The molecule has 0 heterocycles. The number of phenolic OH excluding ortho intramolecular Hbond substituents is 2. The van der Waals surface area contributed by atoms with Crippen LogP contribution in [0.15, 0.2) is 18.2 Å². The van der Waals surface area contributed by atoms with Gasteiger partial charge in [0.2, 0.25) is 11.7 Å². The molecule has 3 aliphatic carbocycles. The van der Waals surface area contributed by atoms with Gasteiger partial charge < -0.3 is 20.3 Å². The summed E-state index contributed by atoms with van der Waals surface area (Å²) >= 11 is 0. The highest BCUT2D eigenvalue weighted by Gasteiger charge is 2.41. The third kappa shape index (κ3) is 2.83. The summed E-state index contributed by atoms with van der Waals surface area (Å²) in [6.45, 7) is 0. The second kappa shape index (κ2) is 7.11. The Morgan fingerprint density at radius 2 is 1.71 bits per heavy atom. The second-order valence-corrected chi connectivity index (χ2v) is 8.52. The molecule has 0 aromatic heterocycles. The van der Waals surface area contributed by atoms with Crippen LogP contribution in [0.1, 0.15) is 68.7 Å². The summed E-state index contributed by atoms with van der Waals surface area (Å²) in [7, 11) is 1.40. The quantitative estimate of drug-likeness (QED) is 0.561. The number of hydrogen-bond acceptors (Lipinski definition) is 6. The molecular formula is C24H23NO6. The van der Waals surface area contributed by atoms with Gasteiger partial charge in [0.25, 0.3) is 0 Å². The van der Waals surface area contributed by atoms with Gasteiger partial charge in [0, 0.05) is 28.7 Å². The van der Waals surface area contributed by atoms with E-state index in [0.29, 0.717) is 24.0 Å². The van der Waals surface area contributed by atoms with Crippen molar-refractivity contribution in [3.8, 4) is 17.2 Å². The Morgan fingerprint density at radius 1 is 1.00 bits per heavy atom. The van der Waals surface area contributed by atoms with Gasteiger partial charge in [-0.1, -0.05) is 12.1 Å². The minimum Gasteiger partial charge on any atom is -0.507 e. The summed E-state index contributed by atoms with van der Waals surface area (Å²) in [6, 6.07) is 4.90. The predicted octanol–water partition coefficient (Wildman–Crippen LogP) is 2.66. The molecule has 2 aromatic rings. The first-order valence-corrected chi connectivity index (χ1v) is 10.6. The van der Waals surface area contributed by atoms with Crippen molar-refractivity contribution in [2.24, 2.45) is 5.92 Å². The van der Waals surface area contributed by atoms with Crippen molar-refractivity contribution in [3.05, 3.63) is 51.6 Å². The fourth-order valence-electron chi connectivity index (χ4n) is 4.90. The topological polar surface area (TPSA) is 113 Å². The Balaban J connectivity index is 1.58. The molecule has 1 saturated carbocycles. The van der Waals surface area contributed by atoms with Crippen LogP contribution in [-0.4, -0.2) is 40.8 Å². The lowest BCUT2D eigenvalue weighted by Gasteiger charge is -2.32. The summed E-state index contributed by atoms with van der Waals surface area (Å²) in [6.07, 6.45) is 4.13. The maximum Gasteiger partial charge on any atom is 0.223 e. The van der Waals surface area contributed by atoms with Gasteiger partial charge in [0.05, 0.1) is 23.8 Å². The molecule has 0 spiro atoms. The smallest absolute Gasteiger partial charge is 0.223 e.